The largest absolute Gasteiger partial charge is 0.340 e. The summed E-state index contributed by atoms with van der Waals surface area (Å²) in [6, 6.07) is 14.6. The molecule has 2 amide bonds. The molecule has 1 N–H and O–H groups in total. The van der Waals surface area contributed by atoms with Crippen LogP contribution in [0, 0.1) is 13.8 Å². The zero-order valence-electron chi connectivity index (χ0n) is 13.4. The molecule has 2 aromatic carbocycles. The van der Waals surface area contributed by atoms with E-state index < -0.39 is 6.04 Å². The Bertz CT molecular complexity index is 720. The van der Waals surface area contributed by atoms with Crippen molar-refractivity contribution in [3.63, 3.8) is 0 Å². The molecule has 1 atom stereocenters. The summed E-state index contributed by atoms with van der Waals surface area (Å²) in [5.74, 6) is -0.245. The van der Waals surface area contributed by atoms with Gasteiger partial charge in [-0.15, -0.1) is 0 Å². The molecule has 1 aliphatic rings. The maximum Gasteiger partial charge on any atom is 0.251 e. The fourth-order valence-electron chi connectivity index (χ4n) is 3.01. The second-order valence-corrected chi connectivity index (χ2v) is 6.02. The smallest absolute Gasteiger partial charge is 0.251 e. The van der Waals surface area contributed by atoms with Crippen LogP contribution in [-0.2, 0) is 4.79 Å². The van der Waals surface area contributed by atoms with Crippen molar-refractivity contribution in [2.45, 2.75) is 26.3 Å². The van der Waals surface area contributed by atoms with Crippen molar-refractivity contribution in [3.05, 3.63) is 65.2 Å². The predicted molar refractivity (Wildman–Crippen MR) is 90.6 cm³/mol. The van der Waals surface area contributed by atoms with Gasteiger partial charge < -0.3 is 10.2 Å². The van der Waals surface area contributed by atoms with E-state index in [0.29, 0.717) is 18.5 Å². The Balaban J connectivity index is 1.73. The van der Waals surface area contributed by atoms with Gasteiger partial charge in [-0.1, -0.05) is 24.3 Å². The molecular formula is C19H20N2O2. The number of nitrogens with zero attached hydrogens (tertiary/aromatic N) is 1. The summed E-state index contributed by atoms with van der Waals surface area (Å²) in [6.45, 7) is 4.67. The van der Waals surface area contributed by atoms with Crippen LogP contribution in [-0.4, -0.2) is 24.4 Å². The molecule has 0 unspecified atom stereocenters. The van der Waals surface area contributed by atoms with E-state index in [2.05, 4.69) is 11.4 Å². The van der Waals surface area contributed by atoms with Crippen LogP contribution < -0.4 is 10.2 Å². The Labute approximate surface area is 136 Å². The van der Waals surface area contributed by atoms with Gasteiger partial charge >= 0.3 is 0 Å². The van der Waals surface area contributed by atoms with Crippen molar-refractivity contribution < 1.29 is 9.59 Å². The molecule has 0 spiro atoms. The Morgan fingerprint density at radius 2 is 1.74 bits per heavy atom. The van der Waals surface area contributed by atoms with Crippen LogP contribution >= 0.6 is 0 Å². The third-order valence-electron chi connectivity index (χ3n) is 4.06. The van der Waals surface area contributed by atoms with Gasteiger partial charge in [0.1, 0.15) is 6.04 Å². The second-order valence-electron chi connectivity index (χ2n) is 6.02. The predicted octanol–water partition coefficient (Wildman–Crippen LogP) is 2.84. The number of amides is 2. The summed E-state index contributed by atoms with van der Waals surface area (Å²) in [6.07, 6.45) is 0.629. The maximum atomic E-state index is 12.6. The molecule has 4 heteroatoms. The van der Waals surface area contributed by atoms with Gasteiger partial charge in [0.15, 0.2) is 0 Å². The summed E-state index contributed by atoms with van der Waals surface area (Å²) < 4.78 is 0. The minimum absolute atomic E-state index is 0.0423. The number of nitrogens with one attached hydrogen (secondary N) is 1. The molecule has 1 heterocycles. The summed E-state index contributed by atoms with van der Waals surface area (Å²) in [5.41, 5.74) is 3.74. The minimum Gasteiger partial charge on any atom is -0.340 e. The van der Waals surface area contributed by atoms with E-state index in [1.165, 1.54) is 0 Å². The fourth-order valence-corrected chi connectivity index (χ4v) is 3.01. The standard InChI is InChI=1S/C19H20N2O2/c1-13-10-14(2)12-16(11-13)21-9-8-17(19(21)23)20-18(22)15-6-4-3-5-7-15/h3-7,10-12,17H,8-9H2,1-2H3,(H,20,22)/t17-/m0/s1. The highest BCUT2D eigenvalue weighted by atomic mass is 16.2. The van der Waals surface area contributed by atoms with Crippen LogP contribution in [0.1, 0.15) is 27.9 Å². The minimum atomic E-state index is -0.455. The zero-order chi connectivity index (χ0) is 16.4. The number of anilines is 1. The van der Waals surface area contributed by atoms with E-state index >= 15 is 0 Å². The molecule has 1 fully saturated rings. The Morgan fingerprint density at radius 1 is 1.09 bits per heavy atom. The molecular weight excluding hydrogens is 288 g/mol. The lowest BCUT2D eigenvalue weighted by atomic mass is 10.1. The fraction of sp³-hybridized carbons (Fsp3) is 0.263. The molecule has 0 aromatic heterocycles. The molecule has 2 aromatic rings. The van der Waals surface area contributed by atoms with Crippen LogP contribution in [0.3, 0.4) is 0 Å². The van der Waals surface area contributed by atoms with Crippen molar-refractivity contribution in [1.82, 2.24) is 5.32 Å². The average Bonchev–Trinajstić information content (AvgIpc) is 2.88. The lowest BCUT2D eigenvalue weighted by Crippen LogP contribution is -2.41. The van der Waals surface area contributed by atoms with Crippen LogP contribution in [0.5, 0.6) is 0 Å². The number of carbonyl (C=O) groups excluding carboxylic acids is 2. The van der Waals surface area contributed by atoms with Crippen molar-refractivity contribution >= 4 is 17.5 Å². The van der Waals surface area contributed by atoms with Gasteiger partial charge in [0.2, 0.25) is 5.91 Å². The quantitative estimate of drug-likeness (QED) is 0.948. The lowest BCUT2D eigenvalue weighted by molar-refractivity contribution is -0.118. The zero-order valence-corrected chi connectivity index (χ0v) is 13.4. The topological polar surface area (TPSA) is 49.4 Å². The van der Waals surface area contributed by atoms with E-state index in [-0.39, 0.29) is 11.8 Å². The van der Waals surface area contributed by atoms with Crippen molar-refractivity contribution in [1.29, 1.82) is 0 Å². The maximum absolute atomic E-state index is 12.6. The molecule has 1 saturated heterocycles. The van der Waals surface area contributed by atoms with Gasteiger partial charge in [-0.05, 0) is 55.7 Å². The Hall–Kier alpha value is -2.62. The third kappa shape index (κ3) is 3.26. The molecule has 3 rings (SSSR count). The van der Waals surface area contributed by atoms with E-state index in [1.807, 2.05) is 44.2 Å². The van der Waals surface area contributed by atoms with Gasteiger partial charge in [-0.25, -0.2) is 0 Å². The van der Waals surface area contributed by atoms with Crippen molar-refractivity contribution in [3.8, 4) is 0 Å². The number of rotatable bonds is 3. The number of carbonyl (C=O) groups is 2. The molecule has 23 heavy (non-hydrogen) atoms. The average molecular weight is 308 g/mol. The van der Waals surface area contributed by atoms with Gasteiger partial charge in [0.05, 0.1) is 0 Å². The number of hydrogen-bond donors (Lipinski definition) is 1. The van der Waals surface area contributed by atoms with Gasteiger partial charge in [-0.3, -0.25) is 9.59 Å². The first kappa shape index (κ1) is 15.3. The highest BCUT2D eigenvalue weighted by Crippen LogP contribution is 2.24. The summed E-state index contributed by atoms with van der Waals surface area (Å²) in [7, 11) is 0. The Morgan fingerprint density at radius 3 is 2.39 bits per heavy atom. The van der Waals surface area contributed by atoms with Gasteiger partial charge in [0.25, 0.3) is 5.91 Å². The molecule has 4 nitrogen and oxygen atoms in total. The number of hydrogen-bond acceptors (Lipinski definition) is 2. The number of aryl methyl sites for hydroxylation is 2. The molecule has 0 aliphatic carbocycles. The third-order valence-corrected chi connectivity index (χ3v) is 4.06. The van der Waals surface area contributed by atoms with E-state index in [0.717, 1.165) is 16.8 Å². The molecule has 118 valence electrons. The van der Waals surface area contributed by atoms with Gasteiger partial charge in [-0.2, -0.15) is 0 Å². The summed E-state index contributed by atoms with van der Waals surface area (Å²) in [5, 5.41) is 2.84. The van der Waals surface area contributed by atoms with Crippen LogP contribution in [0.4, 0.5) is 5.69 Å². The molecule has 0 saturated carbocycles. The first-order valence-electron chi connectivity index (χ1n) is 7.80. The van der Waals surface area contributed by atoms with Crippen LogP contribution in [0.15, 0.2) is 48.5 Å². The second kappa shape index (κ2) is 6.24. The van der Waals surface area contributed by atoms with E-state index in [9.17, 15) is 9.59 Å². The summed E-state index contributed by atoms with van der Waals surface area (Å²) in [4.78, 5) is 26.6. The van der Waals surface area contributed by atoms with Crippen LogP contribution in [0.2, 0.25) is 0 Å². The first-order chi connectivity index (χ1) is 11.0. The van der Waals surface area contributed by atoms with E-state index in [1.54, 1.807) is 17.0 Å². The van der Waals surface area contributed by atoms with Crippen LogP contribution in [0.25, 0.3) is 0 Å². The van der Waals surface area contributed by atoms with Gasteiger partial charge in [0, 0.05) is 17.8 Å². The summed E-state index contributed by atoms with van der Waals surface area (Å²) >= 11 is 0. The highest BCUT2D eigenvalue weighted by molar-refractivity contribution is 6.03. The van der Waals surface area contributed by atoms with Crippen molar-refractivity contribution in [2.24, 2.45) is 0 Å². The molecule has 0 radical (unpaired) electrons. The highest BCUT2D eigenvalue weighted by Gasteiger charge is 2.33. The first-order valence-corrected chi connectivity index (χ1v) is 7.80. The molecule has 1 aliphatic heterocycles. The SMILES string of the molecule is Cc1cc(C)cc(N2CC[C@H](NC(=O)c3ccccc3)C2=O)c1. The monoisotopic (exact) mass is 308 g/mol. The number of benzene rings is 2. The Kier molecular flexibility index (Phi) is 4.15. The normalized spacial score (nSPS) is 17.4. The molecule has 0 bridgehead atoms. The lowest BCUT2D eigenvalue weighted by Gasteiger charge is -2.18. The van der Waals surface area contributed by atoms with E-state index in [4.69, 9.17) is 0 Å². The van der Waals surface area contributed by atoms with Crippen molar-refractivity contribution in [2.75, 3.05) is 11.4 Å².